The van der Waals surface area contributed by atoms with E-state index in [4.69, 9.17) is 29.9 Å². The number of nitrogens with zero attached hydrogens (tertiary/aromatic N) is 11. The van der Waals surface area contributed by atoms with Gasteiger partial charge in [-0.3, -0.25) is 0 Å². The van der Waals surface area contributed by atoms with Crippen LogP contribution >= 0.6 is 0 Å². The SMILES string of the molecule is N#Cc1cc(C#N)cc(-c2cc(-n3c4ccccc4c4cc(-c5nc(-c6ccccc6)nc(-c6ccccc6)n5)ccc43)c(C#N)c(-n3c4ccccc4c4cc(-c5nc(-c6ccccc6)nc(-c6ccccc6)n5)ccc43)c2)c1. The van der Waals surface area contributed by atoms with Crippen LogP contribution in [0.25, 0.3) is 134 Å². The summed E-state index contributed by atoms with van der Waals surface area (Å²) in [5.74, 6) is 3.26. The summed E-state index contributed by atoms with van der Waals surface area (Å²) in [5, 5.41) is 36.0. The van der Waals surface area contributed by atoms with Crippen LogP contribution in [0.15, 0.2) is 237 Å². The molecule has 0 spiro atoms. The minimum absolute atomic E-state index is 0.341. The highest BCUT2D eigenvalue weighted by Gasteiger charge is 2.25. The molecule has 10 aromatic carbocycles. The van der Waals surface area contributed by atoms with Gasteiger partial charge in [-0.1, -0.05) is 158 Å². The molecule has 0 aliphatic heterocycles. The van der Waals surface area contributed by atoms with Gasteiger partial charge in [0.2, 0.25) is 0 Å². The Balaban J connectivity index is 1.00. The molecule has 4 aromatic heterocycles. The van der Waals surface area contributed by atoms with E-state index in [1.54, 1.807) is 18.2 Å². The van der Waals surface area contributed by atoms with Crippen molar-refractivity contribution in [2.24, 2.45) is 0 Å². The molecule has 0 atom stereocenters. The summed E-state index contributed by atoms with van der Waals surface area (Å²) in [5.41, 5.74) is 12.1. The first kappa shape index (κ1) is 46.8. The second-order valence-electron chi connectivity index (χ2n) is 19.3. The average molecular weight is 1020 g/mol. The number of hydrogen-bond donors (Lipinski definition) is 0. The predicted octanol–water partition coefficient (Wildman–Crippen LogP) is 15.5. The van der Waals surface area contributed by atoms with Gasteiger partial charge in [0.05, 0.1) is 56.7 Å². The maximum absolute atomic E-state index is 11.8. The van der Waals surface area contributed by atoms with Gasteiger partial charge in [0.1, 0.15) is 11.6 Å². The van der Waals surface area contributed by atoms with Crippen LogP contribution in [0, 0.1) is 34.0 Å². The van der Waals surface area contributed by atoms with E-state index >= 15 is 0 Å². The molecule has 0 bridgehead atoms. The van der Waals surface area contributed by atoms with E-state index < -0.39 is 0 Å². The van der Waals surface area contributed by atoms with Crippen molar-refractivity contribution in [3.63, 3.8) is 0 Å². The Morgan fingerprint density at radius 2 is 0.562 bits per heavy atom. The van der Waals surface area contributed by atoms with Gasteiger partial charge in [-0.05, 0) is 90.0 Å². The summed E-state index contributed by atoms with van der Waals surface area (Å²) in [6.45, 7) is 0. The molecule has 0 aliphatic rings. The second kappa shape index (κ2) is 19.5. The molecule has 0 fully saturated rings. The Labute approximate surface area is 458 Å². The predicted molar refractivity (Wildman–Crippen MR) is 314 cm³/mol. The van der Waals surface area contributed by atoms with Crippen molar-refractivity contribution in [2.75, 3.05) is 0 Å². The van der Waals surface area contributed by atoms with Gasteiger partial charge in [-0.2, -0.15) is 15.8 Å². The molecule has 11 heteroatoms. The summed E-state index contributed by atoms with van der Waals surface area (Å²) >= 11 is 0. The summed E-state index contributed by atoms with van der Waals surface area (Å²) in [7, 11) is 0. The van der Waals surface area contributed by atoms with Crippen LogP contribution in [-0.4, -0.2) is 39.0 Å². The third-order valence-corrected chi connectivity index (χ3v) is 14.5. The molecule has 0 saturated heterocycles. The molecular weight excluding hydrogens is 983 g/mol. The zero-order valence-electron chi connectivity index (χ0n) is 42.4. The first-order valence-corrected chi connectivity index (χ1v) is 25.9. The van der Waals surface area contributed by atoms with Gasteiger partial charge in [0, 0.05) is 54.9 Å². The van der Waals surface area contributed by atoms with Gasteiger partial charge in [-0.25, -0.2) is 29.9 Å². The maximum Gasteiger partial charge on any atom is 0.164 e. The Morgan fingerprint density at radius 1 is 0.250 bits per heavy atom. The number of benzene rings is 10. The number of hydrogen-bond acceptors (Lipinski definition) is 9. The van der Waals surface area contributed by atoms with Gasteiger partial charge in [-0.15, -0.1) is 0 Å². The lowest BCUT2D eigenvalue weighted by Gasteiger charge is -2.18. The quantitative estimate of drug-likeness (QED) is 0.137. The third-order valence-electron chi connectivity index (χ3n) is 14.5. The molecule has 11 nitrogen and oxygen atoms in total. The Bertz CT molecular complexity index is 4500. The minimum atomic E-state index is 0.341. The summed E-state index contributed by atoms with van der Waals surface area (Å²) in [6, 6.07) is 84.7. The average Bonchev–Trinajstić information content (AvgIpc) is 4.14. The van der Waals surface area contributed by atoms with Crippen LogP contribution < -0.4 is 0 Å². The molecule has 14 aromatic rings. The topological polar surface area (TPSA) is 159 Å². The normalized spacial score (nSPS) is 11.2. The lowest BCUT2D eigenvalue weighted by molar-refractivity contribution is 1.07. The number of aromatic nitrogens is 8. The first-order chi connectivity index (χ1) is 39.5. The van der Waals surface area contributed by atoms with Crippen LogP contribution in [0.3, 0.4) is 0 Å². The Kier molecular flexibility index (Phi) is 11.4. The summed E-state index contributed by atoms with van der Waals surface area (Å²) in [4.78, 5) is 30.1. The number of fused-ring (bicyclic) bond motifs is 6. The summed E-state index contributed by atoms with van der Waals surface area (Å²) in [6.07, 6.45) is 0. The standard InChI is InChI=1S/C69H39N11/c70-40-43-33-44(41-71)35-51(34-43)52-38-62(79-58-27-15-13-25-53(58)55-36-49(29-31-60(55)79)68-75-64(45-17-5-1-6-18-45)73-65(76-68)46-19-7-2-8-20-46)57(42-72)63(39-52)80-59-28-16-14-26-54(59)56-37-50(30-32-61(56)80)69-77-66(47-21-9-3-10-22-47)74-67(78-69)48-23-11-4-12-24-48/h1-39H. The van der Waals surface area contributed by atoms with Crippen molar-refractivity contribution in [3.05, 3.63) is 253 Å². The fourth-order valence-electron chi connectivity index (χ4n) is 10.8. The number of para-hydroxylation sites is 2. The lowest BCUT2D eigenvalue weighted by Crippen LogP contribution is -2.05. The van der Waals surface area contributed by atoms with Crippen molar-refractivity contribution in [3.8, 4) is 109 Å². The maximum atomic E-state index is 11.8. The van der Waals surface area contributed by atoms with E-state index in [1.807, 2.05) is 170 Å². The van der Waals surface area contributed by atoms with Gasteiger partial charge in [0.15, 0.2) is 34.9 Å². The van der Waals surface area contributed by atoms with E-state index in [1.165, 1.54) is 0 Å². The van der Waals surface area contributed by atoms with E-state index in [0.717, 1.165) is 77.0 Å². The fourth-order valence-corrected chi connectivity index (χ4v) is 10.8. The molecule has 0 saturated carbocycles. The van der Waals surface area contributed by atoms with Crippen molar-refractivity contribution in [1.82, 2.24) is 39.0 Å². The largest absolute Gasteiger partial charge is 0.308 e. The van der Waals surface area contributed by atoms with Crippen LogP contribution in [0.2, 0.25) is 0 Å². The highest BCUT2D eigenvalue weighted by atomic mass is 15.1. The zero-order chi connectivity index (χ0) is 53.7. The van der Waals surface area contributed by atoms with Gasteiger partial charge < -0.3 is 9.13 Å². The lowest BCUT2D eigenvalue weighted by atomic mass is 9.97. The number of rotatable bonds is 9. The van der Waals surface area contributed by atoms with Crippen molar-refractivity contribution < 1.29 is 0 Å². The second-order valence-corrected chi connectivity index (χ2v) is 19.3. The molecule has 0 amide bonds. The molecule has 80 heavy (non-hydrogen) atoms. The monoisotopic (exact) mass is 1020 g/mol. The Hall–Kier alpha value is -11.7. The van der Waals surface area contributed by atoms with Gasteiger partial charge >= 0.3 is 0 Å². The van der Waals surface area contributed by atoms with Gasteiger partial charge in [0.25, 0.3) is 0 Å². The molecule has 4 heterocycles. The van der Waals surface area contributed by atoms with Crippen LogP contribution in [-0.2, 0) is 0 Å². The van der Waals surface area contributed by atoms with Crippen molar-refractivity contribution in [1.29, 1.82) is 15.8 Å². The smallest absolute Gasteiger partial charge is 0.164 e. The van der Waals surface area contributed by atoms with Crippen molar-refractivity contribution in [2.45, 2.75) is 0 Å². The molecule has 0 unspecified atom stereocenters. The molecule has 14 rings (SSSR count). The van der Waals surface area contributed by atoms with E-state index in [0.29, 0.717) is 74.1 Å². The van der Waals surface area contributed by atoms with E-state index in [-0.39, 0.29) is 0 Å². The summed E-state index contributed by atoms with van der Waals surface area (Å²) < 4.78 is 4.28. The Morgan fingerprint density at radius 3 is 0.912 bits per heavy atom. The molecule has 0 aliphatic carbocycles. The van der Waals surface area contributed by atoms with Crippen LogP contribution in [0.5, 0.6) is 0 Å². The van der Waals surface area contributed by atoms with Crippen molar-refractivity contribution >= 4 is 43.6 Å². The number of nitriles is 3. The molecule has 370 valence electrons. The highest BCUT2D eigenvalue weighted by Crippen LogP contribution is 2.42. The van der Waals surface area contributed by atoms with Crippen LogP contribution in [0.4, 0.5) is 0 Å². The zero-order valence-corrected chi connectivity index (χ0v) is 42.4. The molecular formula is C69H39N11. The molecule has 0 N–H and O–H groups in total. The van der Waals surface area contributed by atoms with Crippen LogP contribution in [0.1, 0.15) is 16.7 Å². The fraction of sp³-hybridized carbons (Fsp3) is 0. The van der Waals surface area contributed by atoms with E-state index in [2.05, 4.69) is 75.9 Å². The highest BCUT2D eigenvalue weighted by molar-refractivity contribution is 6.12. The molecule has 0 radical (unpaired) electrons. The van der Waals surface area contributed by atoms with E-state index in [9.17, 15) is 15.8 Å². The first-order valence-electron chi connectivity index (χ1n) is 25.9. The minimum Gasteiger partial charge on any atom is -0.308 e. The third kappa shape index (κ3) is 8.14.